The molecule has 156 valence electrons. The van der Waals surface area contributed by atoms with Crippen LogP contribution in [0.2, 0.25) is 0 Å². The van der Waals surface area contributed by atoms with E-state index in [0.29, 0.717) is 41.5 Å². The van der Waals surface area contributed by atoms with Crippen LogP contribution < -0.4 is 14.9 Å². The van der Waals surface area contributed by atoms with Gasteiger partial charge in [-0.05, 0) is 64.4 Å². The van der Waals surface area contributed by atoms with Crippen LogP contribution in [-0.4, -0.2) is 42.4 Å². The first-order valence-electron chi connectivity index (χ1n) is 9.46. The number of hydrogen-bond donors (Lipinski definition) is 2. The highest BCUT2D eigenvalue weighted by atomic mass is 16.5. The first-order chi connectivity index (χ1) is 13.9. The fourth-order valence-electron chi connectivity index (χ4n) is 2.70. The maximum absolute atomic E-state index is 12.2. The molecule has 1 aromatic carbocycles. The molecule has 29 heavy (non-hydrogen) atoms. The van der Waals surface area contributed by atoms with Gasteiger partial charge < -0.3 is 19.2 Å². The van der Waals surface area contributed by atoms with E-state index in [2.05, 4.69) is 15.5 Å². The van der Waals surface area contributed by atoms with Crippen molar-refractivity contribution in [2.45, 2.75) is 40.7 Å². The minimum absolute atomic E-state index is 0.300. The van der Waals surface area contributed by atoms with Crippen molar-refractivity contribution < 1.29 is 23.8 Å². The summed E-state index contributed by atoms with van der Waals surface area (Å²) in [5.41, 5.74) is 4.92. The molecule has 2 rings (SSSR count). The highest BCUT2D eigenvalue weighted by Gasteiger charge is 2.18. The van der Waals surface area contributed by atoms with E-state index in [1.54, 1.807) is 52.0 Å². The third-order valence-electron chi connectivity index (χ3n) is 4.14. The van der Waals surface area contributed by atoms with E-state index in [9.17, 15) is 9.59 Å². The predicted octanol–water partition coefficient (Wildman–Crippen LogP) is 3.12. The smallest absolute Gasteiger partial charge is 0.340 e. The highest BCUT2D eigenvalue weighted by molar-refractivity contribution is 5.96. The minimum Gasteiger partial charge on any atom is -0.494 e. The molecule has 2 N–H and O–H groups in total. The third kappa shape index (κ3) is 5.84. The largest absolute Gasteiger partial charge is 0.494 e. The van der Waals surface area contributed by atoms with Crippen molar-refractivity contribution in [3.63, 3.8) is 0 Å². The summed E-state index contributed by atoms with van der Waals surface area (Å²) in [5.74, 6) is 0.497. The van der Waals surface area contributed by atoms with Gasteiger partial charge in [-0.25, -0.2) is 10.2 Å². The average molecular weight is 401 g/mol. The maximum atomic E-state index is 12.2. The number of benzene rings is 1. The molecule has 0 radical (unpaired) electrons. The molecule has 8 heteroatoms. The summed E-state index contributed by atoms with van der Waals surface area (Å²) in [6.07, 6.45) is 0.707. The Morgan fingerprint density at radius 1 is 1.14 bits per heavy atom. The van der Waals surface area contributed by atoms with E-state index >= 15 is 0 Å². The molecule has 8 nitrogen and oxygen atoms in total. The molecule has 1 heterocycles. The van der Waals surface area contributed by atoms with E-state index in [0.717, 1.165) is 5.75 Å². The Morgan fingerprint density at radius 3 is 2.41 bits per heavy atom. The second-order valence-electron chi connectivity index (χ2n) is 6.28. The molecule has 0 saturated heterocycles. The van der Waals surface area contributed by atoms with Gasteiger partial charge in [0, 0.05) is 5.69 Å². The van der Waals surface area contributed by atoms with Crippen molar-refractivity contribution >= 4 is 18.1 Å². The number of rotatable bonds is 9. The zero-order valence-electron chi connectivity index (χ0n) is 17.4. The predicted molar refractivity (Wildman–Crippen MR) is 110 cm³/mol. The summed E-state index contributed by atoms with van der Waals surface area (Å²) in [7, 11) is 0. The van der Waals surface area contributed by atoms with Gasteiger partial charge >= 0.3 is 5.97 Å². The average Bonchev–Trinajstić information content (AvgIpc) is 2.97. The Bertz CT molecular complexity index is 871. The van der Waals surface area contributed by atoms with Gasteiger partial charge in [-0.2, -0.15) is 5.10 Å². The van der Waals surface area contributed by atoms with Gasteiger partial charge in [0.25, 0.3) is 5.91 Å². The standard InChI is InChI=1S/C21H27N3O5/c1-6-27-16-8-10-17(11-9-16)29-15(5)20(25)24-22-12-18-13(3)19(14(4)23-18)21(26)28-7-2/h8-12,15,23H,6-7H2,1-5H3,(H,24,25)/b22-12+/t15-/m1/s1. The van der Waals surface area contributed by atoms with Crippen LogP contribution in [0.3, 0.4) is 0 Å². The molecule has 1 amide bonds. The van der Waals surface area contributed by atoms with Crippen LogP contribution in [0.5, 0.6) is 11.5 Å². The third-order valence-corrected chi connectivity index (χ3v) is 4.14. The lowest BCUT2D eigenvalue weighted by molar-refractivity contribution is -0.127. The van der Waals surface area contributed by atoms with Crippen LogP contribution in [0.25, 0.3) is 0 Å². The number of esters is 1. The first-order valence-corrected chi connectivity index (χ1v) is 9.46. The van der Waals surface area contributed by atoms with Crippen LogP contribution in [0.1, 0.15) is 48.1 Å². The van der Waals surface area contributed by atoms with E-state index in [-0.39, 0.29) is 5.97 Å². The second-order valence-corrected chi connectivity index (χ2v) is 6.28. The van der Waals surface area contributed by atoms with Gasteiger partial charge in [0.15, 0.2) is 6.10 Å². The number of amides is 1. The number of carbonyl (C=O) groups excluding carboxylic acids is 2. The lowest BCUT2D eigenvalue weighted by Gasteiger charge is -2.13. The number of H-pyrrole nitrogens is 1. The Hall–Kier alpha value is -3.29. The van der Waals surface area contributed by atoms with Gasteiger partial charge in [0.2, 0.25) is 0 Å². The quantitative estimate of drug-likeness (QED) is 0.382. The molecule has 1 aromatic heterocycles. The van der Waals surface area contributed by atoms with E-state index in [1.165, 1.54) is 6.21 Å². The molecular weight excluding hydrogens is 374 g/mol. The normalized spacial score (nSPS) is 11.9. The fraction of sp³-hybridized carbons (Fsp3) is 0.381. The summed E-state index contributed by atoms with van der Waals surface area (Å²) in [6.45, 7) is 9.74. The second kappa shape index (κ2) is 10.3. The number of aryl methyl sites for hydroxylation is 1. The number of hydrazone groups is 1. The summed E-state index contributed by atoms with van der Waals surface area (Å²) in [5, 5.41) is 3.96. The Kier molecular flexibility index (Phi) is 7.82. The number of aromatic amines is 1. The lowest BCUT2D eigenvalue weighted by Crippen LogP contribution is -2.33. The van der Waals surface area contributed by atoms with Crippen LogP contribution in [0.4, 0.5) is 0 Å². The summed E-state index contributed by atoms with van der Waals surface area (Å²) in [6, 6.07) is 7.03. The molecule has 0 spiro atoms. The number of aromatic nitrogens is 1. The van der Waals surface area contributed by atoms with Crippen LogP contribution in [-0.2, 0) is 9.53 Å². The summed E-state index contributed by atoms with van der Waals surface area (Å²) < 4.78 is 16.0. The maximum Gasteiger partial charge on any atom is 0.340 e. The van der Waals surface area contributed by atoms with Crippen molar-refractivity contribution in [3.05, 3.63) is 46.8 Å². The fourth-order valence-corrected chi connectivity index (χ4v) is 2.70. The molecular formula is C21H27N3O5. The molecule has 0 saturated carbocycles. The zero-order valence-corrected chi connectivity index (χ0v) is 17.4. The van der Waals surface area contributed by atoms with Crippen molar-refractivity contribution in [1.82, 2.24) is 10.4 Å². The number of nitrogens with one attached hydrogen (secondary N) is 2. The first kappa shape index (κ1) is 22.0. The highest BCUT2D eigenvalue weighted by Crippen LogP contribution is 2.19. The van der Waals surface area contributed by atoms with Crippen molar-refractivity contribution in [1.29, 1.82) is 0 Å². The van der Waals surface area contributed by atoms with Crippen molar-refractivity contribution in [3.8, 4) is 11.5 Å². The summed E-state index contributed by atoms with van der Waals surface area (Å²) in [4.78, 5) is 27.3. The molecule has 0 aliphatic carbocycles. The molecule has 2 aromatic rings. The number of ether oxygens (including phenoxy) is 3. The van der Waals surface area contributed by atoms with E-state index in [1.807, 2.05) is 6.92 Å². The molecule has 1 atom stereocenters. The molecule has 0 aliphatic rings. The van der Waals surface area contributed by atoms with Gasteiger partial charge in [0.05, 0.1) is 30.7 Å². The van der Waals surface area contributed by atoms with E-state index in [4.69, 9.17) is 14.2 Å². The molecule has 0 unspecified atom stereocenters. The molecule has 0 aliphatic heterocycles. The van der Waals surface area contributed by atoms with Crippen LogP contribution in [0.15, 0.2) is 29.4 Å². The van der Waals surface area contributed by atoms with Crippen molar-refractivity contribution in [2.24, 2.45) is 5.10 Å². The monoisotopic (exact) mass is 401 g/mol. The Labute approximate surface area is 170 Å². The zero-order chi connectivity index (χ0) is 21.4. The van der Waals surface area contributed by atoms with Crippen LogP contribution >= 0.6 is 0 Å². The summed E-state index contributed by atoms with van der Waals surface area (Å²) >= 11 is 0. The minimum atomic E-state index is -0.744. The topological polar surface area (TPSA) is 102 Å². The molecule has 0 bridgehead atoms. The van der Waals surface area contributed by atoms with Gasteiger partial charge in [-0.3, -0.25) is 4.79 Å². The lowest BCUT2D eigenvalue weighted by atomic mass is 10.1. The number of hydrogen-bond acceptors (Lipinski definition) is 6. The molecule has 0 fully saturated rings. The Balaban J connectivity index is 1.95. The Morgan fingerprint density at radius 2 is 1.79 bits per heavy atom. The SMILES string of the molecule is CCOC(=O)c1c(C)[nH]c(/C=N/NC(=O)[C@@H](C)Oc2ccc(OCC)cc2)c1C. The van der Waals surface area contributed by atoms with Crippen molar-refractivity contribution in [2.75, 3.05) is 13.2 Å². The van der Waals surface area contributed by atoms with Gasteiger partial charge in [-0.1, -0.05) is 0 Å². The van der Waals surface area contributed by atoms with E-state index < -0.39 is 12.0 Å². The van der Waals surface area contributed by atoms with Gasteiger partial charge in [0.1, 0.15) is 11.5 Å². The number of carbonyl (C=O) groups is 2. The van der Waals surface area contributed by atoms with Gasteiger partial charge in [-0.15, -0.1) is 0 Å². The van der Waals surface area contributed by atoms with Crippen LogP contribution in [0, 0.1) is 13.8 Å². The number of nitrogens with zero attached hydrogens (tertiary/aromatic N) is 1.